The predicted molar refractivity (Wildman–Crippen MR) is 163 cm³/mol. The topological polar surface area (TPSA) is 72.3 Å². The Hall–Kier alpha value is -6.02. The van der Waals surface area contributed by atoms with E-state index in [1.54, 1.807) is 36.7 Å². The molecule has 0 heterocycles. The second kappa shape index (κ2) is 11.3. The Labute approximate surface area is 273 Å². The molecule has 0 spiro atoms. The Balaban J connectivity index is 1.45. The van der Waals surface area contributed by atoms with Crippen molar-refractivity contribution in [3.05, 3.63) is 112 Å². The number of hydrogen-bond donors (Lipinski definition) is 0. The molecule has 0 N–H and O–H groups in total. The van der Waals surface area contributed by atoms with E-state index < -0.39 is 53.5 Å². The Bertz CT molecular complexity index is 2710. The molecule has 0 bridgehead atoms. The zero-order valence-electron chi connectivity index (χ0n) is 24.7. The highest BCUT2D eigenvalue weighted by Crippen LogP contribution is 2.42. The van der Waals surface area contributed by atoms with Gasteiger partial charge in [-0.05, 0) is 86.3 Å². The van der Waals surface area contributed by atoms with Crippen LogP contribution in [-0.4, -0.2) is 12.3 Å². The fourth-order valence-corrected chi connectivity index (χ4v) is 6.66. The SMILES string of the molecule is N#C/N=c1/c2cc(-c3cc(F)c(C(F)(F)F)c(F)c3)ccc2c2cc3c(cc12)/c(=N/C#N)c1cc(C2=CC(F)=C(C(F)(F)F)C(F)C2)ccc13. The summed E-state index contributed by atoms with van der Waals surface area (Å²) in [4.78, 5) is 7.89. The fraction of sp³-hybridized carbons (Fsp3) is 0.111. The van der Waals surface area contributed by atoms with Gasteiger partial charge >= 0.3 is 12.4 Å². The third kappa shape index (κ3) is 5.06. The van der Waals surface area contributed by atoms with E-state index in [1.807, 2.05) is 0 Å². The number of nitrogens with zero attached hydrogens (tertiary/aromatic N) is 4. The molecule has 1 aliphatic carbocycles. The lowest BCUT2D eigenvalue weighted by molar-refractivity contribution is -0.142. The minimum Gasteiger partial charge on any atom is -0.242 e. The Kier molecular flexibility index (Phi) is 7.33. The molecule has 0 fully saturated rings. The lowest BCUT2D eigenvalue weighted by Crippen LogP contribution is -2.24. The van der Waals surface area contributed by atoms with Crippen LogP contribution in [0.25, 0.3) is 59.8 Å². The fourth-order valence-electron chi connectivity index (χ4n) is 6.66. The second-order valence-electron chi connectivity index (χ2n) is 11.5. The molecule has 0 radical (unpaired) electrons. The minimum atomic E-state index is -5.26. The van der Waals surface area contributed by atoms with E-state index in [9.17, 15) is 54.4 Å². The van der Waals surface area contributed by atoms with Crippen molar-refractivity contribution in [2.45, 2.75) is 24.9 Å². The number of nitriles is 2. The Morgan fingerprint density at radius 3 is 1.54 bits per heavy atom. The number of halogens is 10. The summed E-state index contributed by atoms with van der Waals surface area (Å²) in [6, 6.07) is 13.3. The standard InChI is InChI=1S/C36H14F10N4/c37-27-7-17(8-28(38)31(27)35(41,42)43)15-1-3-19-21-11-22-20-4-2-16(18-9-29(39)32(30(40)10-18)36(44,45)46)6-24(20)34(50-14-48)26(22)12-25(21)33(49-13-47)23(19)5-15/h1-9,11-12,30H,10H2/b49-33-,50-34+. The number of allylic oxidation sites excluding steroid dienone is 4. The van der Waals surface area contributed by atoms with Crippen molar-refractivity contribution in [2.24, 2.45) is 9.98 Å². The molecule has 0 saturated carbocycles. The number of rotatable bonds is 2. The molecule has 248 valence electrons. The molecular formula is C36H14F10N4. The molecule has 1 atom stereocenters. The van der Waals surface area contributed by atoms with Crippen LogP contribution in [0.1, 0.15) is 17.5 Å². The van der Waals surface area contributed by atoms with Gasteiger partial charge in [-0.15, -0.1) is 0 Å². The summed E-state index contributed by atoms with van der Waals surface area (Å²) in [5.41, 5.74) is -3.82. The maximum atomic E-state index is 14.6. The van der Waals surface area contributed by atoms with Crippen LogP contribution in [0.5, 0.6) is 0 Å². The molecule has 14 heteroatoms. The molecule has 0 saturated heterocycles. The average Bonchev–Trinajstić information content (AvgIpc) is 3.49. The smallest absolute Gasteiger partial charge is 0.242 e. The molecule has 1 unspecified atom stereocenters. The van der Waals surface area contributed by atoms with E-state index in [-0.39, 0.29) is 33.0 Å². The highest BCUT2D eigenvalue weighted by molar-refractivity contribution is 6.21. The molecule has 50 heavy (non-hydrogen) atoms. The van der Waals surface area contributed by atoms with Crippen molar-refractivity contribution in [3.63, 3.8) is 0 Å². The van der Waals surface area contributed by atoms with Gasteiger partial charge in [0.2, 0.25) is 12.4 Å². The van der Waals surface area contributed by atoms with E-state index >= 15 is 0 Å². The highest BCUT2D eigenvalue weighted by Gasteiger charge is 2.44. The second-order valence-corrected chi connectivity index (χ2v) is 11.5. The zero-order valence-corrected chi connectivity index (χ0v) is 24.7. The summed E-state index contributed by atoms with van der Waals surface area (Å²) >= 11 is 0. The van der Waals surface area contributed by atoms with Crippen molar-refractivity contribution in [3.8, 4) is 23.5 Å². The van der Waals surface area contributed by atoms with E-state index in [0.717, 1.165) is 0 Å². The Morgan fingerprint density at radius 2 is 1.06 bits per heavy atom. The molecule has 1 aliphatic rings. The van der Waals surface area contributed by atoms with Gasteiger partial charge in [0, 0.05) is 28.0 Å². The summed E-state index contributed by atoms with van der Waals surface area (Å²) in [7, 11) is 0. The average molecular weight is 693 g/mol. The lowest BCUT2D eigenvalue weighted by atomic mass is 9.90. The van der Waals surface area contributed by atoms with Crippen molar-refractivity contribution in [1.82, 2.24) is 0 Å². The first-order valence-corrected chi connectivity index (χ1v) is 14.4. The first-order chi connectivity index (χ1) is 23.6. The van der Waals surface area contributed by atoms with Gasteiger partial charge in [-0.3, -0.25) is 0 Å². The number of fused-ring (bicyclic) bond motifs is 6. The van der Waals surface area contributed by atoms with Crippen LogP contribution in [0, 0.1) is 34.5 Å². The summed E-state index contributed by atoms with van der Waals surface area (Å²) in [6.45, 7) is 0. The maximum absolute atomic E-state index is 14.6. The van der Waals surface area contributed by atoms with E-state index in [4.69, 9.17) is 0 Å². The van der Waals surface area contributed by atoms with Gasteiger partial charge in [-0.2, -0.15) is 46.9 Å². The van der Waals surface area contributed by atoms with Crippen LogP contribution >= 0.6 is 0 Å². The Morgan fingerprint density at radius 1 is 0.580 bits per heavy atom. The number of hydrogen-bond acceptors (Lipinski definition) is 4. The van der Waals surface area contributed by atoms with Gasteiger partial charge in [0.25, 0.3) is 0 Å². The van der Waals surface area contributed by atoms with Crippen LogP contribution in [-0.2, 0) is 6.18 Å². The first kappa shape index (κ1) is 32.5. The van der Waals surface area contributed by atoms with Gasteiger partial charge in [0.05, 0.1) is 10.7 Å². The third-order valence-electron chi connectivity index (χ3n) is 8.73. The van der Waals surface area contributed by atoms with Crippen molar-refractivity contribution >= 4 is 48.7 Å². The van der Waals surface area contributed by atoms with Crippen molar-refractivity contribution in [1.29, 1.82) is 10.5 Å². The maximum Gasteiger partial charge on any atom is 0.422 e. The summed E-state index contributed by atoms with van der Waals surface area (Å²) < 4.78 is 137. The largest absolute Gasteiger partial charge is 0.422 e. The van der Waals surface area contributed by atoms with Crippen LogP contribution < -0.4 is 10.7 Å². The summed E-state index contributed by atoms with van der Waals surface area (Å²) in [5, 5.41) is 22.9. The molecular weight excluding hydrogens is 678 g/mol. The molecule has 0 aromatic heterocycles. The molecule has 6 aromatic rings. The highest BCUT2D eigenvalue weighted by atomic mass is 19.4. The van der Waals surface area contributed by atoms with Crippen LogP contribution in [0.4, 0.5) is 43.9 Å². The third-order valence-corrected chi connectivity index (χ3v) is 8.73. The first-order valence-electron chi connectivity index (χ1n) is 14.4. The summed E-state index contributed by atoms with van der Waals surface area (Å²) in [6.07, 6.45) is -9.80. The van der Waals surface area contributed by atoms with E-state index in [2.05, 4.69) is 9.98 Å². The number of alkyl halides is 7. The summed E-state index contributed by atoms with van der Waals surface area (Å²) in [5.74, 6) is -5.35. The van der Waals surface area contributed by atoms with Gasteiger partial charge in [0.15, 0.2) is 0 Å². The molecule has 7 rings (SSSR count). The van der Waals surface area contributed by atoms with Crippen molar-refractivity contribution in [2.75, 3.05) is 0 Å². The molecule has 6 aromatic carbocycles. The van der Waals surface area contributed by atoms with Crippen LogP contribution in [0.2, 0.25) is 0 Å². The van der Waals surface area contributed by atoms with E-state index in [0.29, 0.717) is 61.3 Å². The van der Waals surface area contributed by atoms with Gasteiger partial charge in [0.1, 0.15) is 34.8 Å². The molecule has 4 nitrogen and oxygen atoms in total. The van der Waals surface area contributed by atoms with Crippen molar-refractivity contribution < 1.29 is 43.9 Å². The van der Waals surface area contributed by atoms with Gasteiger partial charge in [-0.1, -0.05) is 24.3 Å². The normalized spacial score (nSPS) is 16.6. The lowest BCUT2D eigenvalue weighted by Gasteiger charge is -2.22. The number of benzene rings is 4. The minimum absolute atomic E-state index is 0.0402. The zero-order chi connectivity index (χ0) is 35.9. The monoisotopic (exact) mass is 692 g/mol. The van der Waals surface area contributed by atoms with Crippen LogP contribution in [0.15, 0.2) is 88.1 Å². The van der Waals surface area contributed by atoms with E-state index in [1.165, 1.54) is 24.3 Å². The quantitative estimate of drug-likeness (QED) is 0.134. The van der Waals surface area contributed by atoms with Crippen LogP contribution in [0.3, 0.4) is 0 Å². The predicted octanol–water partition coefficient (Wildman–Crippen LogP) is 9.81. The molecule has 0 aliphatic heterocycles. The van der Waals surface area contributed by atoms with Gasteiger partial charge < -0.3 is 0 Å². The molecule has 0 amide bonds. The van der Waals surface area contributed by atoms with Gasteiger partial charge in [-0.25, -0.2) is 17.6 Å².